The normalized spacial score (nSPS) is 28.8. The minimum absolute atomic E-state index is 0.0956. The van der Waals surface area contributed by atoms with E-state index in [0.29, 0.717) is 24.9 Å². The molecule has 1 unspecified atom stereocenters. The zero-order valence-electron chi connectivity index (χ0n) is 14.3. The van der Waals surface area contributed by atoms with Crippen LogP contribution < -0.4 is 0 Å². The summed E-state index contributed by atoms with van der Waals surface area (Å²) in [5.74, 6) is 0.815. The van der Waals surface area contributed by atoms with Gasteiger partial charge in [0.25, 0.3) is 0 Å². The van der Waals surface area contributed by atoms with Crippen LogP contribution in [-0.2, 0) is 17.8 Å². The van der Waals surface area contributed by atoms with Crippen molar-refractivity contribution in [3.8, 4) is 0 Å². The molecule has 3 saturated heterocycles. The van der Waals surface area contributed by atoms with Gasteiger partial charge in [-0.1, -0.05) is 11.3 Å². The predicted molar refractivity (Wildman–Crippen MR) is 90.2 cm³/mol. The van der Waals surface area contributed by atoms with Gasteiger partial charge >= 0.3 is 0 Å². The summed E-state index contributed by atoms with van der Waals surface area (Å²) >= 11 is 0. The molecular weight excluding hydrogens is 306 g/mol. The summed E-state index contributed by atoms with van der Waals surface area (Å²) < 4.78 is 1.87. The van der Waals surface area contributed by atoms with Gasteiger partial charge in [0.1, 0.15) is 0 Å². The fourth-order valence-electron chi connectivity index (χ4n) is 4.05. The van der Waals surface area contributed by atoms with E-state index in [1.54, 1.807) is 11.0 Å². The summed E-state index contributed by atoms with van der Waals surface area (Å²) in [6.07, 6.45) is 6.37. The second kappa shape index (κ2) is 7.44. The summed E-state index contributed by atoms with van der Waals surface area (Å²) in [6, 6.07) is 0.418. The number of aromatic nitrogens is 3. The number of likely N-dealkylation sites (N-methyl/N-ethyl adjacent to an activating group) is 1. The third kappa shape index (κ3) is 3.52. The summed E-state index contributed by atoms with van der Waals surface area (Å²) in [4.78, 5) is 16.8. The first-order valence-electron chi connectivity index (χ1n) is 8.72. The van der Waals surface area contributed by atoms with E-state index in [1.807, 2.05) is 17.9 Å². The topological polar surface area (TPSA) is 74.5 Å². The number of piperidine rings is 3. The Morgan fingerprint density at radius 3 is 3.08 bits per heavy atom. The standard InChI is InChI=1S/C17H27N5O2/c1-3-6-20(2)17(24)16-12-21-7-4-13(16)9-15(21)11-22-10-14(5-8-23)18-19-22/h3,10,13,15-16,23H,1,4-9,11-12H2,2H3/t13-,15-,16-/m1/s1. The Morgan fingerprint density at radius 1 is 1.58 bits per heavy atom. The molecule has 7 nitrogen and oxygen atoms in total. The fraction of sp³-hybridized carbons (Fsp3) is 0.706. The molecule has 4 heterocycles. The first-order valence-corrected chi connectivity index (χ1v) is 8.72. The van der Waals surface area contributed by atoms with E-state index in [9.17, 15) is 4.79 Å². The van der Waals surface area contributed by atoms with Crippen molar-refractivity contribution in [1.29, 1.82) is 0 Å². The highest BCUT2D eigenvalue weighted by atomic mass is 16.3. The van der Waals surface area contributed by atoms with Gasteiger partial charge < -0.3 is 10.0 Å². The number of carbonyl (C=O) groups excluding carboxylic acids is 1. The number of nitrogens with zero attached hydrogens (tertiary/aromatic N) is 5. The summed E-state index contributed by atoms with van der Waals surface area (Å²) in [5, 5.41) is 17.2. The molecular formula is C17H27N5O2. The number of fused-ring (bicyclic) bond motifs is 3. The molecule has 4 atom stereocenters. The molecule has 0 aliphatic carbocycles. The third-order valence-electron chi connectivity index (χ3n) is 5.33. The van der Waals surface area contributed by atoms with Gasteiger partial charge in [0.15, 0.2) is 0 Å². The number of hydrogen-bond donors (Lipinski definition) is 1. The van der Waals surface area contributed by atoms with Gasteiger partial charge in [-0.25, -0.2) is 0 Å². The molecule has 1 aromatic rings. The Hall–Kier alpha value is -1.73. The molecule has 24 heavy (non-hydrogen) atoms. The van der Waals surface area contributed by atoms with Crippen molar-refractivity contribution in [2.45, 2.75) is 31.8 Å². The van der Waals surface area contributed by atoms with E-state index >= 15 is 0 Å². The van der Waals surface area contributed by atoms with E-state index in [4.69, 9.17) is 5.11 Å². The van der Waals surface area contributed by atoms with Crippen molar-refractivity contribution in [2.75, 3.05) is 33.3 Å². The van der Waals surface area contributed by atoms with Crippen molar-refractivity contribution < 1.29 is 9.90 Å². The number of amides is 1. The lowest BCUT2D eigenvalue weighted by atomic mass is 9.75. The van der Waals surface area contributed by atoms with Crippen LogP contribution in [0.3, 0.4) is 0 Å². The van der Waals surface area contributed by atoms with Crippen LogP contribution in [0.1, 0.15) is 18.5 Å². The van der Waals surface area contributed by atoms with Crippen LogP contribution in [-0.4, -0.2) is 75.1 Å². The van der Waals surface area contributed by atoms with Crippen LogP contribution in [0.5, 0.6) is 0 Å². The highest BCUT2D eigenvalue weighted by Crippen LogP contribution is 2.37. The van der Waals surface area contributed by atoms with Crippen LogP contribution in [0.4, 0.5) is 0 Å². The Labute approximate surface area is 142 Å². The van der Waals surface area contributed by atoms with Crippen LogP contribution in [0.15, 0.2) is 18.9 Å². The quantitative estimate of drug-likeness (QED) is 0.720. The zero-order valence-corrected chi connectivity index (χ0v) is 14.3. The second-order valence-corrected chi connectivity index (χ2v) is 6.95. The fourth-order valence-corrected chi connectivity index (χ4v) is 4.05. The molecule has 3 fully saturated rings. The molecule has 7 heteroatoms. The Bertz CT molecular complexity index is 587. The lowest BCUT2D eigenvalue weighted by Crippen LogP contribution is -2.58. The van der Waals surface area contributed by atoms with E-state index in [0.717, 1.165) is 38.2 Å². The molecule has 1 aromatic heterocycles. The molecule has 1 N–H and O–H groups in total. The van der Waals surface area contributed by atoms with E-state index in [1.165, 1.54) is 0 Å². The van der Waals surface area contributed by atoms with Gasteiger partial charge in [-0.3, -0.25) is 14.4 Å². The molecule has 0 saturated carbocycles. The van der Waals surface area contributed by atoms with E-state index in [2.05, 4.69) is 21.8 Å². The van der Waals surface area contributed by atoms with Gasteiger partial charge in [0, 0.05) is 45.4 Å². The maximum absolute atomic E-state index is 12.6. The van der Waals surface area contributed by atoms with Crippen LogP contribution in [0.25, 0.3) is 0 Å². The van der Waals surface area contributed by atoms with Gasteiger partial charge in [-0.15, -0.1) is 11.7 Å². The van der Waals surface area contributed by atoms with E-state index in [-0.39, 0.29) is 18.4 Å². The molecule has 1 amide bonds. The first-order chi connectivity index (χ1) is 11.6. The molecule has 132 valence electrons. The summed E-state index contributed by atoms with van der Waals surface area (Å²) in [6.45, 7) is 7.12. The largest absolute Gasteiger partial charge is 0.396 e. The number of hydrogen-bond acceptors (Lipinski definition) is 5. The number of rotatable bonds is 7. The molecule has 2 bridgehead atoms. The number of aliphatic hydroxyl groups is 1. The summed E-state index contributed by atoms with van der Waals surface area (Å²) in [7, 11) is 1.86. The van der Waals surface area contributed by atoms with Crippen molar-refractivity contribution in [3.05, 3.63) is 24.5 Å². The SMILES string of the molecule is C=CCN(C)C(=O)[C@@H]1CN2CC[C@@H]1C[C@@H]2Cn1cc(CCO)nn1. The molecule has 4 rings (SSSR count). The Morgan fingerprint density at radius 2 is 2.42 bits per heavy atom. The second-order valence-electron chi connectivity index (χ2n) is 6.95. The number of aliphatic hydroxyl groups excluding tert-OH is 1. The molecule has 0 spiro atoms. The van der Waals surface area contributed by atoms with Gasteiger partial charge in [0.2, 0.25) is 5.91 Å². The number of carbonyl (C=O) groups is 1. The summed E-state index contributed by atoms with van der Waals surface area (Å²) in [5.41, 5.74) is 0.826. The minimum Gasteiger partial charge on any atom is -0.396 e. The van der Waals surface area contributed by atoms with E-state index < -0.39 is 0 Å². The van der Waals surface area contributed by atoms with Crippen molar-refractivity contribution >= 4 is 5.91 Å². The van der Waals surface area contributed by atoms with Gasteiger partial charge in [0.05, 0.1) is 18.2 Å². The van der Waals surface area contributed by atoms with Crippen LogP contribution in [0, 0.1) is 11.8 Å². The Kier molecular flexibility index (Phi) is 5.30. The van der Waals surface area contributed by atoms with Crippen molar-refractivity contribution in [1.82, 2.24) is 24.8 Å². The molecule has 0 aromatic carbocycles. The molecule has 3 aliphatic rings. The highest BCUT2D eigenvalue weighted by molar-refractivity contribution is 5.79. The van der Waals surface area contributed by atoms with Crippen molar-refractivity contribution in [3.63, 3.8) is 0 Å². The zero-order chi connectivity index (χ0) is 17.1. The average Bonchev–Trinajstić information content (AvgIpc) is 3.02. The maximum atomic E-state index is 12.6. The average molecular weight is 333 g/mol. The van der Waals surface area contributed by atoms with Gasteiger partial charge in [-0.05, 0) is 25.3 Å². The highest BCUT2D eigenvalue weighted by Gasteiger charge is 2.43. The molecule has 0 radical (unpaired) electrons. The smallest absolute Gasteiger partial charge is 0.227 e. The lowest BCUT2D eigenvalue weighted by molar-refractivity contribution is -0.142. The lowest BCUT2D eigenvalue weighted by Gasteiger charge is -2.49. The maximum Gasteiger partial charge on any atom is 0.227 e. The van der Waals surface area contributed by atoms with Gasteiger partial charge in [-0.2, -0.15) is 0 Å². The van der Waals surface area contributed by atoms with Crippen molar-refractivity contribution in [2.24, 2.45) is 11.8 Å². The molecule has 3 aliphatic heterocycles. The van der Waals surface area contributed by atoms with Crippen LogP contribution in [0.2, 0.25) is 0 Å². The van der Waals surface area contributed by atoms with Crippen LogP contribution >= 0.6 is 0 Å². The third-order valence-corrected chi connectivity index (χ3v) is 5.33. The Balaban J connectivity index is 1.60. The monoisotopic (exact) mass is 333 g/mol. The predicted octanol–water partition coefficient (Wildman–Crippen LogP) is 0.168. The minimum atomic E-state index is 0.0956. The first kappa shape index (κ1) is 17.1.